The number of β-amino-alcohol motifs (C(OH)–C–C–N with tert-alkyl or cyclic N) is 1. The van der Waals surface area contributed by atoms with Crippen molar-refractivity contribution in [1.29, 1.82) is 0 Å². The standard InChI is InChI=1S/C26H36N4O3/c1-5-30-23(11-12-27-30)19-9-10-21-18(13-19)7-6-8-22(21)28-25(32)24-14-20(31)15-29(24)26(33)17(4)16(2)3/h9-13,16-17,20,22,24,31H,5-8,14-15H2,1-4H3,(H,28,32)/t17?,20-,22+,24?/m1/s1. The molecule has 2 aromatic rings. The van der Waals surface area contributed by atoms with Crippen molar-refractivity contribution in [1.82, 2.24) is 20.0 Å². The van der Waals surface area contributed by atoms with Crippen LogP contribution in [-0.2, 0) is 22.6 Å². The Morgan fingerprint density at radius 1 is 1.24 bits per heavy atom. The van der Waals surface area contributed by atoms with E-state index in [1.54, 1.807) is 4.90 Å². The lowest BCUT2D eigenvalue weighted by Gasteiger charge is -2.31. The maximum atomic E-state index is 13.3. The maximum Gasteiger partial charge on any atom is 0.243 e. The number of carbonyl (C=O) groups excluding carboxylic acids is 2. The molecule has 178 valence electrons. The van der Waals surface area contributed by atoms with Gasteiger partial charge in [-0.3, -0.25) is 14.3 Å². The lowest BCUT2D eigenvalue weighted by Crippen LogP contribution is -2.49. The first-order chi connectivity index (χ1) is 15.8. The zero-order valence-electron chi connectivity index (χ0n) is 20.1. The summed E-state index contributed by atoms with van der Waals surface area (Å²) in [6, 6.07) is 7.78. The van der Waals surface area contributed by atoms with Gasteiger partial charge in [0.2, 0.25) is 11.8 Å². The molecule has 0 bridgehead atoms. The van der Waals surface area contributed by atoms with Crippen LogP contribution in [0, 0.1) is 11.8 Å². The highest BCUT2D eigenvalue weighted by atomic mass is 16.3. The van der Waals surface area contributed by atoms with Crippen LogP contribution in [0.4, 0.5) is 0 Å². The Labute approximate surface area is 196 Å². The van der Waals surface area contributed by atoms with Gasteiger partial charge < -0.3 is 15.3 Å². The number of likely N-dealkylation sites (tertiary alicyclic amines) is 1. The van der Waals surface area contributed by atoms with E-state index in [-0.39, 0.29) is 36.2 Å². The molecule has 1 aliphatic carbocycles. The molecule has 2 unspecified atom stereocenters. The summed E-state index contributed by atoms with van der Waals surface area (Å²) in [5.41, 5.74) is 4.63. The smallest absolute Gasteiger partial charge is 0.243 e. The summed E-state index contributed by atoms with van der Waals surface area (Å²) in [5, 5.41) is 17.8. The lowest BCUT2D eigenvalue weighted by molar-refractivity contribution is -0.142. The molecular weight excluding hydrogens is 416 g/mol. The van der Waals surface area contributed by atoms with Gasteiger partial charge in [-0.05, 0) is 55.4 Å². The second-order valence-electron chi connectivity index (χ2n) is 9.83. The van der Waals surface area contributed by atoms with Crippen LogP contribution in [0.3, 0.4) is 0 Å². The molecule has 0 spiro atoms. The minimum Gasteiger partial charge on any atom is -0.391 e. The van der Waals surface area contributed by atoms with E-state index in [2.05, 4.69) is 35.5 Å². The fraction of sp³-hybridized carbons (Fsp3) is 0.577. The van der Waals surface area contributed by atoms with Crippen molar-refractivity contribution in [2.75, 3.05) is 6.54 Å². The van der Waals surface area contributed by atoms with Crippen LogP contribution in [0.25, 0.3) is 11.3 Å². The van der Waals surface area contributed by atoms with Crippen molar-refractivity contribution in [3.8, 4) is 11.3 Å². The molecule has 1 fully saturated rings. The molecule has 1 aliphatic heterocycles. The van der Waals surface area contributed by atoms with Crippen molar-refractivity contribution in [3.63, 3.8) is 0 Å². The fourth-order valence-corrected chi connectivity index (χ4v) is 5.07. The molecule has 0 saturated carbocycles. The Morgan fingerprint density at radius 2 is 2.03 bits per heavy atom. The van der Waals surface area contributed by atoms with Crippen molar-refractivity contribution in [3.05, 3.63) is 41.6 Å². The summed E-state index contributed by atoms with van der Waals surface area (Å²) in [7, 11) is 0. The van der Waals surface area contributed by atoms with Crippen LogP contribution in [-0.4, -0.2) is 50.3 Å². The first-order valence-corrected chi connectivity index (χ1v) is 12.2. The molecule has 7 nitrogen and oxygen atoms in total. The van der Waals surface area contributed by atoms with Gasteiger partial charge in [-0.2, -0.15) is 5.10 Å². The molecule has 1 aromatic heterocycles. The van der Waals surface area contributed by atoms with E-state index in [4.69, 9.17) is 0 Å². The van der Waals surface area contributed by atoms with Gasteiger partial charge in [0.1, 0.15) is 6.04 Å². The average Bonchev–Trinajstić information content (AvgIpc) is 3.44. The summed E-state index contributed by atoms with van der Waals surface area (Å²) >= 11 is 0. The first kappa shape index (κ1) is 23.5. The number of amides is 2. The zero-order chi connectivity index (χ0) is 23.7. The van der Waals surface area contributed by atoms with Crippen molar-refractivity contribution in [2.45, 2.75) is 78.1 Å². The Bertz CT molecular complexity index is 1010. The Kier molecular flexibility index (Phi) is 6.88. The number of carbonyl (C=O) groups is 2. The number of rotatable bonds is 6. The number of aromatic nitrogens is 2. The quantitative estimate of drug-likeness (QED) is 0.704. The van der Waals surface area contributed by atoms with Gasteiger partial charge in [-0.25, -0.2) is 0 Å². The third-order valence-electron chi connectivity index (χ3n) is 7.34. The highest BCUT2D eigenvalue weighted by Crippen LogP contribution is 2.34. The molecule has 1 aromatic carbocycles. The molecule has 4 atom stereocenters. The van der Waals surface area contributed by atoms with Crippen LogP contribution >= 0.6 is 0 Å². The topological polar surface area (TPSA) is 87.5 Å². The number of aliphatic hydroxyl groups is 1. The van der Waals surface area contributed by atoms with Gasteiger partial charge in [-0.15, -0.1) is 0 Å². The van der Waals surface area contributed by atoms with E-state index in [1.807, 2.05) is 37.7 Å². The predicted molar refractivity (Wildman–Crippen MR) is 127 cm³/mol. The molecule has 2 N–H and O–H groups in total. The number of aryl methyl sites for hydroxylation is 2. The van der Waals surface area contributed by atoms with Gasteiger partial charge in [0.25, 0.3) is 0 Å². The molecule has 1 saturated heterocycles. The summed E-state index contributed by atoms with van der Waals surface area (Å²) in [4.78, 5) is 27.8. The van der Waals surface area contributed by atoms with Crippen molar-refractivity contribution < 1.29 is 14.7 Å². The average molecular weight is 453 g/mol. The molecule has 33 heavy (non-hydrogen) atoms. The highest BCUT2D eigenvalue weighted by molar-refractivity contribution is 5.89. The number of benzene rings is 1. The van der Waals surface area contributed by atoms with Crippen molar-refractivity contribution in [2.24, 2.45) is 11.8 Å². The number of nitrogens with one attached hydrogen (secondary N) is 1. The van der Waals surface area contributed by atoms with Crippen molar-refractivity contribution >= 4 is 11.8 Å². The van der Waals surface area contributed by atoms with Gasteiger partial charge in [0.15, 0.2) is 0 Å². The predicted octanol–water partition coefficient (Wildman–Crippen LogP) is 3.32. The van der Waals surface area contributed by atoms with Crippen LogP contribution in [0.15, 0.2) is 30.5 Å². The minimum absolute atomic E-state index is 0.0529. The summed E-state index contributed by atoms with van der Waals surface area (Å²) in [6.45, 7) is 9.03. The molecule has 2 heterocycles. The molecule has 7 heteroatoms. The van der Waals surface area contributed by atoms with Crippen LogP contribution in [0.5, 0.6) is 0 Å². The third-order valence-corrected chi connectivity index (χ3v) is 7.34. The van der Waals surface area contributed by atoms with Crippen LogP contribution in [0.1, 0.15) is 64.1 Å². The van der Waals surface area contributed by atoms with Gasteiger partial charge in [0.05, 0.1) is 17.8 Å². The molecule has 2 aliphatic rings. The summed E-state index contributed by atoms with van der Waals surface area (Å²) in [5.74, 6) is -0.219. The van der Waals surface area contributed by atoms with E-state index in [0.717, 1.165) is 42.6 Å². The van der Waals surface area contributed by atoms with Gasteiger partial charge >= 0.3 is 0 Å². The minimum atomic E-state index is -0.659. The number of hydrogen-bond donors (Lipinski definition) is 2. The van der Waals surface area contributed by atoms with Gasteiger partial charge in [0, 0.05) is 37.2 Å². The second kappa shape index (κ2) is 9.67. The lowest BCUT2D eigenvalue weighted by atomic mass is 9.86. The fourth-order valence-electron chi connectivity index (χ4n) is 5.07. The largest absolute Gasteiger partial charge is 0.391 e. The number of nitrogens with zero attached hydrogens (tertiary/aromatic N) is 3. The van der Waals surface area contributed by atoms with E-state index in [9.17, 15) is 14.7 Å². The molecule has 2 amide bonds. The first-order valence-electron chi connectivity index (χ1n) is 12.2. The third kappa shape index (κ3) is 4.69. The zero-order valence-corrected chi connectivity index (χ0v) is 20.1. The molecule has 4 rings (SSSR count). The number of aliphatic hydroxyl groups excluding tert-OH is 1. The molecular formula is C26H36N4O3. The normalized spacial score (nSPS) is 23.5. The van der Waals surface area contributed by atoms with E-state index in [0.29, 0.717) is 6.42 Å². The highest BCUT2D eigenvalue weighted by Gasteiger charge is 2.41. The van der Waals surface area contributed by atoms with Crippen LogP contribution < -0.4 is 5.32 Å². The van der Waals surface area contributed by atoms with E-state index < -0.39 is 12.1 Å². The Morgan fingerprint density at radius 3 is 2.76 bits per heavy atom. The maximum absolute atomic E-state index is 13.3. The SMILES string of the molecule is CCn1nccc1-c1ccc2c(c1)CCC[C@@H]2NC(=O)C1C[C@@H](O)CN1C(=O)C(C)C(C)C. The second-order valence-corrected chi connectivity index (χ2v) is 9.83. The monoisotopic (exact) mass is 452 g/mol. The summed E-state index contributed by atoms with van der Waals surface area (Å²) < 4.78 is 1.99. The van der Waals surface area contributed by atoms with E-state index in [1.165, 1.54) is 5.56 Å². The Hall–Kier alpha value is -2.67. The summed E-state index contributed by atoms with van der Waals surface area (Å²) in [6.07, 6.45) is 4.31. The van der Waals surface area contributed by atoms with Crippen LogP contribution in [0.2, 0.25) is 0 Å². The van der Waals surface area contributed by atoms with E-state index >= 15 is 0 Å². The Balaban J connectivity index is 1.52. The molecule has 0 radical (unpaired) electrons. The number of hydrogen-bond acceptors (Lipinski definition) is 4. The number of fused-ring (bicyclic) bond motifs is 1. The van der Waals surface area contributed by atoms with Gasteiger partial charge in [-0.1, -0.05) is 32.9 Å².